The molecule has 53 heavy (non-hydrogen) atoms. The summed E-state index contributed by atoms with van der Waals surface area (Å²) in [5, 5.41) is 14.0. The minimum absolute atomic E-state index is 0.0400. The van der Waals surface area contributed by atoms with Crippen molar-refractivity contribution in [1.29, 1.82) is 0 Å². The van der Waals surface area contributed by atoms with Crippen LogP contribution in [0.15, 0.2) is 59.6 Å². The molecule has 0 aromatic heterocycles. The predicted molar refractivity (Wildman–Crippen MR) is 190 cm³/mol. The van der Waals surface area contributed by atoms with Crippen molar-refractivity contribution in [2.45, 2.75) is 68.9 Å². The topological polar surface area (TPSA) is 326 Å². The molecule has 22 heteroatoms. The molecule has 0 spiro atoms. The number of alkyl carbamates (subject to hydrolysis) is 1. The highest BCUT2D eigenvalue weighted by molar-refractivity contribution is 7.72. The van der Waals surface area contributed by atoms with Crippen LogP contribution in [0.1, 0.15) is 49.7 Å². The van der Waals surface area contributed by atoms with Crippen LogP contribution in [0.5, 0.6) is 0 Å². The van der Waals surface area contributed by atoms with Crippen molar-refractivity contribution in [2.24, 2.45) is 16.5 Å². The highest BCUT2D eigenvalue weighted by Crippen LogP contribution is 2.69. The largest absolute Gasteiger partial charge is 0.445 e. The fraction of sp³-hybridized carbons (Fsp3) is 0.452. The number of aliphatic imine (C=N–C) groups is 1. The monoisotopic (exact) mass is 785 g/mol. The van der Waals surface area contributed by atoms with Crippen LogP contribution in [-0.2, 0) is 41.4 Å². The number of aliphatic hydroxyl groups is 1. The van der Waals surface area contributed by atoms with Gasteiger partial charge in [0, 0.05) is 31.7 Å². The number of anilines is 1. The van der Waals surface area contributed by atoms with Crippen molar-refractivity contribution >= 4 is 50.8 Å². The zero-order valence-corrected chi connectivity index (χ0v) is 30.4. The number of nitrogens with zero attached hydrogens (tertiary/aromatic N) is 2. The molecule has 1 aliphatic heterocycles. The molecule has 2 atom stereocenters. The Labute approximate surface area is 304 Å². The van der Waals surface area contributed by atoms with E-state index in [4.69, 9.17) is 20.9 Å². The average molecular weight is 786 g/mol. The van der Waals surface area contributed by atoms with Crippen molar-refractivity contribution in [1.82, 2.24) is 15.5 Å². The van der Waals surface area contributed by atoms with Crippen molar-refractivity contribution in [3.63, 3.8) is 0 Å². The van der Waals surface area contributed by atoms with Crippen molar-refractivity contribution in [3.8, 4) is 0 Å². The number of benzene rings is 2. The van der Waals surface area contributed by atoms with Gasteiger partial charge >= 0.3 is 27.4 Å². The number of amides is 4. The van der Waals surface area contributed by atoms with E-state index in [1.54, 1.807) is 12.1 Å². The number of carbonyl (C=O) groups excluding carboxylic acids is 4. The Bertz CT molecular complexity index is 1660. The minimum atomic E-state index is -5.61. The maximum atomic E-state index is 13.4. The second-order valence-corrected chi connectivity index (χ2v) is 16.1. The van der Waals surface area contributed by atoms with Gasteiger partial charge in [-0.1, -0.05) is 42.5 Å². The Morgan fingerprint density at radius 2 is 1.55 bits per heavy atom. The third kappa shape index (κ3) is 13.1. The van der Waals surface area contributed by atoms with E-state index in [2.05, 4.69) is 20.9 Å². The van der Waals surface area contributed by atoms with Crippen LogP contribution in [0.3, 0.4) is 0 Å². The summed E-state index contributed by atoms with van der Waals surface area (Å²) in [5.74, 6) is -1.19. The Hall–Kier alpha value is -4.55. The molecule has 2 aromatic carbocycles. The number of likely N-dealkylation sites (tertiary alicyclic amines) is 1. The maximum Gasteiger partial charge on any atom is 0.410 e. The summed E-state index contributed by atoms with van der Waals surface area (Å²) in [4.78, 5) is 93.6. The molecule has 3 rings (SSSR count). The van der Waals surface area contributed by atoms with Gasteiger partial charge in [0.1, 0.15) is 25.3 Å². The number of ether oxygens (including phenoxy) is 2. The number of nitrogens with one attached hydrogen (secondary N) is 3. The van der Waals surface area contributed by atoms with Gasteiger partial charge < -0.3 is 61.6 Å². The molecule has 4 amide bonds. The summed E-state index contributed by atoms with van der Waals surface area (Å²) in [6.45, 7) is -0.00215. The molecule has 1 fully saturated rings. The van der Waals surface area contributed by atoms with Gasteiger partial charge in [0.25, 0.3) is 5.08 Å². The molecule has 0 aliphatic carbocycles. The molecular formula is C31H45N7O13P2. The maximum absolute atomic E-state index is 13.4. The first kappa shape index (κ1) is 42.9. The van der Waals surface area contributed by atoms with Gasteiger partial charge in [-0.3, -0.25) is 28.6 Å². The first-order chi connectivity index (χ1) is 24.9. The van der Waals surface area contributed by atoms with E-state index in [1.807, 2.05) is 30.3 Å². The number of rotatable bonds is 18. The van der Waals surface area contributed by atoms with Crippen molar-refractivity contribution < 1.29 is 62.5 Å². The van der Waals surface area contributed by atoms with Crippen LogP contribution >= 0.6 is 15.2 Å². The van der Waals surface area contributed by atoms with E-state index in [0.717, 1.165) is 5.56 Å². The molecule has 1 aliphatic rings. The second-order valence-electron chi connectivity index (χ2n) is 12.1. The Kier molecular flexibility index (Phi) is 15.8. The zero-order chi connectivity index (χ0) is 39.2. The third-order valence-electron chi connectivity index (χ3n) is 8.06. The van der Waals surface area contributed by atoms with Gasteiger partial charge in [0.15, 0.2) is 5.96 Å². The van der Waals surface area contributed by atoms with E-state index < -0.39 is 69.2 Å². The van der Waals surface area contributed by atoms with Crippen LogP contribution in [0.4, 0.5) is 15.3 Å². The van der Waals surface area contributed by atoms with Gasteiger partial charge in [-0.2, -0.15) is 0 Å². The quantitative estimate of drug-likeness (QED) is 0.0436. The summed E-state index contributed by atoms with van der Waals surface area (Å²) < 4.78 is 33.3. The number of nitrogens with two attached hydrogens (primary N) is 2. The summed E-state index contributed by atoms with van der Waals surface area (Å²) in [5.41, 5.74) is 12.4. The summed E-state index contributed by atoms with van der Waals surface area (Å²) in [6, 6.07) is 13.4. The van der Waals surface area contributed by atoms with Gasteiger partial charge in [0.05, 0.1) is 0 Å². The Morgan fingerprint density at radius 1 is 0.925 bits per heavy atom. The molecule has 0 radical (unpaired) electrons. The van der Waals surface area contributed by atoms with Crippen LogP contribution in [0.25, 0.3) is 0 Å². The SMILES string of the molecule is NC(N)=NCCC[C@H](NC(=O)[C@@H]1CCCN1C(=O)OCc1ccccc1)C(=O)Nc1ccc(COC(=O)NCCCC(O)(P(=O)(O)O)P(=O)(O)O)cc1. The van der Waals surface area contributed by atoms with Crippen LogP contribution < -0.4 is 27.4 Å². The van der Waals surface area contributed by atoms with E-state index in [9.17, 15) is 53.0 Å². The first-order valence-corrected chi connectivity index (χ1v) is 19.6. The van der Waals surface area contributed by atoms with Gasteiger partial charge in [-0.05, 0) is 55.4 Å². The lowest BCUT2D eigenvalue weighted by atomic mass is 10.1. The summed E-state index contributed by atoms with van der Waals surface area (Å²) in [6.07, 6.45) is -1.54. The number of guanidine groups is 1. The van der Waals surface area contributed by atoms with Gasteiger partial charge in [0.2, 0.25) is 11.8 Å². The Balaban J connectivity index is 1.53. The number of carbonyl (C=O) groups is 4. The van der Waals surface area contributed by atoms with E-state index >= 15 is 0 Å². The zero-order valence-electron chi connectivity index (χ0n) is 28.6. The summed E-state index contributed by atoms with van der Waals surface area (Å²) in [7, 11) is -11.2. The van der Waals surface area contributed by atoms with E-state index in [1.165, 1.54) is 17.0 Å². The molecule has 2 aromatic rings. The molecule has 0 unspecified atom stereocenters. The lowest BCUT2D eigenvalue weighted by Crippen LogP contribution is -2.52. The average Bonchev–Trinajstić information content (AvgIpc) is 3.60. The molecule has 1 heterocycles. The van der Waals surface area contributed by atoms with Crippen LogP contribution in [0.2, 0.25) is 0 Å². The lowest BCUT2D eigenvalue weighted by Gasteiger charge is -2.29. The third-order valence-corrected chi connectivity index (χ3v) is 11.9. The van der Waals surface area contributed by atoms with Gasteiger partial charge in [-0.25, -0.2) is 9.59 Å². The number of hydrogen-bond donors (Lipinski definition) is 10. The molecule has 0 bridgehead atoms. The standard InChI is InChI=1S/C31H45N7O13P2/c32-28(33)34-16-4-9-24(37-27(40)25-10-5-18-38(25)30(42)51-20-21-7-2-1-3-8-21)26(39)36-23-13-11-22(12-14-23)19-50-29(41)35-17-6-15-31(43,52(44,45)46)53(47,48)49/h1-3,7-8,11-14,24-25,43H,4-6,9-10,15-20H2,(H,35,41)(H,36,39)(H,37,40)(H4,32,33,34)(H2,44,45,46)(H2,47,48,49)/t24-,25-/m0/s1. The van der Waals surface area contributed by atoms with Crippen molar-refractivity contribution in [2.75, 3.05) is 25.0 Å². The van der Waals surface area contributed by atoms with E-state index in [0.29, 0.717) is 37.1 Å². The normalized spacial score (nSPS) is 15.2. The minimum Gasteiger partial charge on any atom is -0.445 e. The van der Waals surface area contributed by atoms with Gasteiger partial charge in [-0.15, -0.1) is 0 Å². The summed E-state index contributed by atoms with van der Waals surface area (Å²) >= 11 is 0. The van der Waals surface area contributed by atoms with E-state index in [-0.39, 0.29) is 38.7 Å². The van der Waals surface area contributed by atoms with Crippen LogP contribution in [-0.4, -0.2) is 96.3 Å². The molecule has 292 valence electrons. The second kappa shape index (κ2) is 19.5. The predicted octanol–water partition coefficient (Wildman–Crippen LogP) is 0.973. The fourth-order valence-corrected chi connectivity index (χ4v) is 7.45. The highest BCUT2D eigenvalue weighted by Gasteiger charge is 2.58. The molecular weight excluding hydrogens is 740 g/mol. The smallest absolute Gasteiger partial charge is 0.410 e. The lowest BCUT2D eigenvalue weighted by molar-refractivity contribution is -0.129. The molecule has 12 N–H and O–H groups in total. The molecule has 0 saturated carbocycles. The Morgan fingerprint density at radius 3 is 2.17 bits per heavy atom. The van der Waals surface area contributed by atoms with Crippen molar-refractivity contribution in [3.05, 3.63) is 65.7 Å². The molecule has 20 nitrogen and oxygen atoms in total. The van der Waals surface area contributed by atoms with Crippen LogP contribution in [0, 0.1) is 0 Å². The number of hydrogen-bond acceptors (Lipinski definition) is 10. The molecule has 1 saturated heterocycles. The first-order valence-electron chi connectivity index (χ1n) is 16.4. The highest BCUT2D eigenvalue weighted by atomic mass is 31.2. The fourth-order valence-electron chi connectivity index (χ4n) is 5.19.